The summed E-state index contributed by atoms with van der Waals surface area (Å²) >= 11 is 0. The van der Waals surface area contributed by atoms with Crippen LogP contribution < -0.4 is 9.64 Å². The molecule has 0 aliphatic carbocycles. The van der Waals surface area contributed by atoms with Gasteiger partial charge in [0.15, 0.2) is 0 Å². The highest BCUT2D eigenvalue weighted by molar-refractivity contribution is 6.00. The van der Waals surface area contributed by atoms with E-state index in [0.29, 0.717) is 38.3 Å². The Labute approximate surface area is 175 Å². The van der Waals surface area contributed by atoms with E-state index in [0.717, 1.165) is 11.4 Å². The predicted octanol–water partition coefficient (Wildman–Crippen LogP) is 1.43. The SMILES string of the molecule is COc1ccc(N2CC(C(=O)N3CCN(C(=O)c4cccnc4)CC3)CC2=O)cc1. The Hall–Kier alpha value is -3.42. The first kappa shape index (κ1) is 19.9. The zero-order valence-corrected chi connectivity index (χ0v) is 16.9. The minimum Gasteiger partial charge on any atom is -0.497 e. The molecule has 30 heavy (non-hydrogen) atoms. The number of aromatic nitrogens is 1. The zero-order chi connectivity index (χ0) is 21.1. The van der Waals surface area contributed by atoms with E-state index in [2.05, 4.69) is 4.98 Å². The monoisotopic (exact) mass is 408 g/mol. The van der Waals surface area contributed by atoms with Crippen LogP contribution in [-0.2, 0) is 9.59 Å². The van der Waals surface area contributed by atoms with Gasteiger partial charge in [0.2, 0.25) is 11.8 Å². The molecule has 8 heteroatoms. The molecule has 1 aromatic heterocycles. The molecule has 1 aromatic carbocycles. The highest BCUT2D eigenvalue weighted by atomic mass is 16.5. The first-order valence-electron chi connectivity index (χ1n) is 9.99. The van der Waals surface area contributed by atoms with Gasteiger partial charge in [0.05, 0.1) is 18.6 Å². The third-order valence-corrected chi connectivity index (χ3v) is 5.65. The van der Waals surface area contributed by atoms with Gasteiger partial charge in [0, 0.05) is 57.2 Å². The number of pyridine rings is 1. The number of ether oxygens (including phenoxy) is 1. The van der Waals surface area contributed by atoms with Crippen LogP contribution in [0.4, 0.5) is 5.69 Å². The second-order valence-electron chi connectivity index (χ2n) is 7.46. The number of amides is 3. The fourth-order valence-corrected chi connectivity index (χ4v) is 3.94. The molecule has 3 heterocycles. The van der Waals surface area contributed by atoms with Crippen molar-refractivity contribution in [2.24, 2.45) is 5.92 Å². The normalized spacial score (nSPS) is 19.2. The van der Waals surface area contributed by atoms with Gasteiger partial charge >= 0.3 is 0 Å². The lowest BCUT2D eigenvalue weighted by molar-refractivity contribution is -0.137. The number of piperazine rings is 1. The third kappa shape index (κ3) is 3.98. The van der Waals surface area contributed by atoms with Crippen molar-refractivity contribution in [3.63, 3.8) is 0 Å². The van der Waals surface area contributed by atoms with Gasteiger partial charge < -0.3 is 19.4 Å². The van der Waals surface area contributed by atoms with Crippen LogP contribution in [0.3, 0.4) is 0 Å². The van der Waals surface area contributed by atoms with Gasteiger partial charge in [-0.25, -0.2) is 0 Å². The molecular formula is C22H24N4O4. The summed E-state index contributed by atoms with van der Waals surface area (Å²) in [5, 5.41) is 0. The second-order valence-corrected chi connectivity index (χ2v) is 7.46. The maximum absolute atomic E-state index is 13.0. The van der Waals surface area contributed by atoms with Gasteiger partial charge in [0.25, 0.3) is 5.91 Å². The summed E-state index contributed by atoms with van der Waals surface area (Å²) in [5.74, 6) is 0.213. The molecule has 0 bridgehead atoms. The van der Waals surface area contributed by atoms with Crippen molar-refractivity contribution < 1.29 is 19.1 Å². The van der Waals surface area contributed by atoms with Crippen LogP contribution in [0.25, 0.3) is 0 Å². The number of hydrogen-bond acceptors (Lipinski definition) is 5. The molecule has 1 unspecified atom stereocenters. The minimum absolute atomic E-state index is 0.0205. The number of anilines is 1. The van der Waals surface area contributed by atoms with Gasteiger partial charge in [-0.2, -0.15) is 0 Å². The number of carbonyl (C=O) groups is 3. The number of hydrogen-bond donors (Lipinski definition) is 0. The average Bonchev–Trinajstić information content (AvgIpc) is 3.20. The van der Waals surface area contributed by atoms with Crippen molar-refractivity contribution in [2.75, 3.05) is 44.7 Å². The Morgan fingerprint density at radius 2 is 1.73 bits per heavy atom. The summed E-state index contributed by atoms with van der Waals surface area (Å²) in [7, 11) is 1.59. The molecule has 0 radical (unpaired) electrons. The summed E-state index contributed by atoms with van der Waals surface area (Å²) in [6.45, 7) is 2.26. The first-order chi connectivity index (χ1) is 14.6. The quantitative estimate of drug-likeness (QED) is 0.764. The van der Waals surface area contributed by atoms with Crippen LogP contribution in [0.1, 0.15) is 16.8 Å². The van der Waals surface area contributed by atoms with Gasteiger partial charge in [-0.3, -0.25) is 19.4 Å². The molecule has 2 aromatic rings. The van der Waals surface area contributed by atoms with Crippen LogP contribution in [0.2, 0.25) is 0 Å². The average molecular weight is 408 g/mol. The highest BCUT2D eigenvalue weighted by Gasteiger charge is 2.38. The van der Waals surface area contributed by atoms with E-state index >= 15 is 0 Å². The van der Waals surface area contributed by atoms with Crippen molar-refractivity contribution in [2.45, 2.75) is 6.42 Å². The molecule has 4 rings (SSSR count). The Morgan fingerprint density at radius 1 is 1.03 bits per heavy atom. The fraction of sp³-hybridized carbons (Fsp3) is 0.364. The number of nitrogens with zero attached hydrogens (tertiary/aromatic N) is 4. The van der Waals surface area contributed by atoms with Crippen LogP contribution >= 0.6 is 0 Å². The third-order valence-electron chi connectivity index (χ3n) is 5.65. The molecule has 2 aliphatic rings. The molecule has 2 saturated heterocycles. The van der Waals surface area contributed by atoms with E-state index in [9.17, 15) is 14.4 Å². The molecule has 2 aliphatic heterocycles. The lowest BCUT2D eigenvalue weighted by Crippen LogP contribution is -2.52. The second kappa shape index (κ2) is 8.52. The minimum atomic E-state index is -0.361. The number of carbonyl (C=O) groups excluding carboxylic acids is 3. The maximum Gasteiger partial charge on any atom is 0.255 e. The highest BCUT2D eigenvalue weighted by Crippen LogP contribution is 2.28. The summed E-state index contributed by atoms with van der Waals surface area (Å²) in [5.41, 5.74) is 1.32. The molecular weight excluding hydrogens is 384 g/mol. The molecule has 3 amide bonds. The van der Waals surface area contributed by atoms with Crippen molar-refractivity contribution in [1.29, 1.82) is 0 Å². The Bertz CT molecular complexity index is 924. The van der Waals surface area contributed by atoms with Crippen molar-refractivity contribution in [3.05, 3.63) is 54.4 Å². The Kier molecular flexibility index (Phi) is 5.65. The van der Waals surface area contributed by atoms with Crippen molar-refractivity contribution in [1.82, 2.24) is 14.8 Å². The summed E-state index contributed by atoms with van der Waals surface area (Å²) in [6.07, 6.45) is 3.39. The molecule has 0 spiro atoms. The molecule has 8 nitrogen and oxygen atoms in total. The summed E-state index contributed by atoms with van der Waals surface area (Å²) in [6, 6.07) is 10.7. The largest absolute Gasteiger partial charge is 0.497 e. The molecule has 1 atom stereocenters. The van der Waals surface area contributed by atoms with E-state index < -0.39 is 0 Å². The van der Waals surface area contributed by atoms with Crippen molar-refractivity contribution >= 4 is 23.4 Å². The standard InChI is InChI=1S/C22H24N4O4/c1-30-19-6-4-18(5-7-19)26-15-17(13-20(26)27)22(29)25-11-9-24(10-12-25)21(28)16-3-2-8-23-14-16/h2-8,14,17H,9-13,15H2,1H3. The number of benzene rings is 1. The van der Waals surface area contributed by atoms with Gasteiger partial charge in [-0.1, -0.05) is 0 Å². The van der Waals surface area contributed by atoms with Gasteiger partial charge in [0.1, 0.15) is 5.75 Å². The number of rotatable bonds is 4. The Balaban J connectivity index is 1.34. The predicted molar refractivity (Wildman–Crippen MR) is 110 cm³/mol. The van der Waals surface area contributed by atoms with E-state index in [1.807, 2.05) is 12.1 Å². The lowest BCUT2D eigenvalue weighted by atomic mass is 10.1. The fourth-order valence-electron chi connectivity index (χ4n) is 3.94. The maximum atomic E-state index is 13.0. The van der Waals surface area contributed by atoms with Crippen LogP contribution in [0.5, 0.6) is 5.75 Å². The van der Waals surface area contributed by atoms with Crippen LogP contribution in [0.15, 0.2) is 48.8 Å². The van der Waals surface area contributed by atoms with E-state index in [4.69, 9.17) is 4.74 Å². The summed E-state index contributed by atoms with van der Waals surface area (Å²) < 4.78 is 5.16. The van der Waals surface area contributed by atoms with Gasteiger partial charge in [-0.05, 0) is 36.4 Å². The topological polar surface area (TPSA) is 83.1 Å². The molecule has 156 valence electrons. The van der Waals surface area contributed by atoms with Crippen molar-refractivity contribution in [3.8, 4) is 5.75 Å². The van der Waals surface area contributed by atoms with E-state index in [1.165, 1.54) is 0 Å². The molecule has 0 saturated carbocycles. The Morgan fingerprint density at radius 3 is 2.37 bits per heavy atom. The van der Waals surface area contributed by atoms with Gasteiger partial charge in [-0.15, -0.1) is 0 Å². The van der Waals surface area contributed by atoms with E-state index in [-0.39, 0.29) is 30.1 Å². The zero-order valence-electron chi connectivity index (χ0n) is 16.9. The van der Waals surface area contributed by atoms with Crippen LogP contribution in [0, 0.1) is 5.92 Å². The number of methoxy groups -OCH3 is 1. The first-order valence-corrected chi connectivity index (χ1v) is 9.99. The van der Waals surface area contributed by atoms with E-state index in [1.54, 1.807) is 58.5 Å². The summed E-state index contributed by atoms with van der Waals surface area (Å²) in [4.78, 5) is 47.2. The smallest absolute Gasteiger partial charge is 0.255 e. The molecule has 2 fully saturated rings. The molecule has 0 N–H and O–H groups in total. The van der Waals surface area contributed by atoms with Crippen LogP contribution in [-0.4, -0.2) is 72.3 Å². The lowest BCUT2D eigenvalue weighted by Gasteiger charge is -2.35.